The summed E-state index contributed by atoms with van der Waals surface area (Å²) in [5, 5.41) is 0. The summed E-state index contributed by atoms with van der Waals surface area (Å²) in [6.45, 7) is 3.57. The summed E-state index contributed by atoms with van der Waals surface area (Å²) in [5.74, 6) is 2.97. The van der Waals surface area contributed by atoms with E-state index >= 15 is 0 Å². The van der Waals surface area contributed by atoms with Gasteiger partial charge in [-0.3, -0.25) is 4.79 Å². The topological polar surface area (TPSA) is 32.8 Å². The Kier molecular flexibility index (Phi) is 6.58. The van der Waals surface area contributed by atoms with Gasteiger partial charge in [-0.1, -0.05) is 18.2 Å². The van der Waals surface area contributed by atoms with E-state index in [0.717, 1.165) is 36.8 Å². The third-order valence-electron chi connectivity index (χ3n) is 3.70. The highest BCUT2D eigenvalue weighted by Crippen LogP contribution is 2.19. The molecule has 122 valence electrons. The van der Waals surface area contributed by atoms with Crippen LogP contribution in [0.2, 0.25) is 0 Å². The molecule has 22 heavy (non-hydrogen) atoms. The first-order valence-electron chi connectivity index (χ1n) is 7.82. The summed E-state index contributed by atoms with van der Waals surface area (Å²) in [5.41, 5.74) is 0. The van der Waals surface area contributed by atoms with Crippen LogP contribution in [0.25, 0.3) is 0 Å². The zero-order valence-electron chi connectivity index (χ0n) is 13.7. The van der Waals surface area contributed by atoms with E-state index in [2.05, 4.69) is 19.0 Å². The number of hydrogen-bond acceptors (Lipinski definition) is 4. The van der Waals surface area contributed by atoms with Gasteiger partial charge in [-0.2, -0.15) is 11.8 Å². The van der Waals surface area contributed by atoms with Gasteiger partial charge in [0.05, 0.1) is 6.04 Å². The number of carbonyl (C=O) groups excluding carboxylic acids is 1. The molecule has 1 amide bonds. The average Bonchev–Trinajstić information content (AvgIpc) is 2.72. The van der Waals surface area contributed by atoms with Crippen LogP contribution >= 0.6 is 11.8 Å². The van der Waals surface area contributed by atoms with Crippen LogP contribution in [-0.4, -0.2) is 66.5 Å². The molecule has 1 aromatic carbocycles. The van der Waals surface area contributed by atoms with E-state index in [0.29, 0.717) is 0 Å². The second-order valence-electron chi connectivity index (χ2n) is 5.95. The smallest absolute Gasteiger partial charge is 0.263 e. The standard InChI is InChI=1S/C17H26N2O2S/c1-14(21-16-8-5-4-6-9-16)17(20)19-10-7-11-22-13-15(19)12-18(2)3/h4-6,8-9,14-15H,7,10-13H2,1-3H3. The lowest BCUT2D eigenvalue weighted by Crippen LogP contribution is -2.50. The molecule has 1 fully saturated rings. The highest BCUT2D eigenvalue weighted by molar-refractivity contribution is 7.99. The Morgan fingerprint density at radius 1 is 1.41 bits per heavy atom. The molecule has 5 heteroatoms. The molecule has 1 aromatic rings. The average molecular weight is 322 g/mol. The summed E-state index contributed by atoms with van der Waals surface area (Å²) < 4.78 is 5.81. The van der Waals surface area contributed by atoms with Crippen molar-refractivity contribution in [2.75, 3.05) is 38.7 Å². The molecule has 0 bridgehead atoms. The lowest BCUT2D eigenvalue weighted by Gasteiger charge is -2.33. The van der Waals surface area contributed by atoms with Gasteiger partial charge in [0.15, 0.2) is 6.10 Å². The van der Waals surface area contributed by atoms with Crippen molar-refractivity contribution < 1.29 is 9.53 Å². The summed E-state index contributed by atoms with van der Waals surface area (Å²) in [6.07, 6.45) is 0.605. The quantitative estimate of drug-likeness (QED) is 0.833. The van der Waals surface area contributed by atoms with E-state index < -0.39 is 6.10 Å². The van der Waals surface area contributed by atoms with Crippen molar-refractivity contribution in [3.05, 3.63) is 30.3 Å². The molecule has 0 aliphatic carbocycles. The number of benzene rings is 1. The van der Waals surface area contributed by atoms with Gasteiger partial charge in [0.2, 0.25) is 0 Å². The van der Waals surface area contributed by atoms with Crippen LogP contribution in [0, 0.1) is 0 Å². The number of amides is 1. The molecule has 0 N–H and O–H groups in total. The van der Waals surface area contributed by atoms with Crippen molar-refractivity contribution in [2.45, 2.75) is 25.5 Å². The number of nitrogens with zero attached hydrogens (tertiary/aromatic N) is 2. The third-order valence-corrected chi connectivity index (χ3v) is 4.90. The van der Waals surface area contributed by atoms with Crippen molar-refractivity contribution in [3.63, 3.8) is 0 Å². The molecule has 2 atom stereocenters. The van der Waals surface area contributed by atoms with Crippen LogP contribution in [0.4, 0.5) is 0 Å². The minimum atomic E-state index is -0.449. The normalized spacial score (nSPS) is 20.5. The van der Waals surface area contributed by atoms with Gasteiger partial charge >= 0.3 is 0 Å². The molecule has 1 aliphatic heterocycles. The van der Waals surface area contributed by atoms with Crippen LogP contribution in [0.3, 0.4) is 0 Å². The maximum Gasteiger partial charge on any atom is 0.263 e. The van der Waals surface area contributed by atoms with Crippen LogP contribution in [0.5, 0.6) is 5.75 Å². The van der Waals surface area contributed by atoms with Crippen LogP contribution in [0.15, 0.2) is 30.3 Å². The number of thioether (sulfide) groups is 1. The monoisotopic (exact) mass is 322 g/mol. The van der Waals surface area contributed by atoms with E-state index in [9.17, 15) is 4.79 Å². The summed E-state index contributed by atoms with van der Waals surface area (Å²) >= 11 is 1.94. The molecule has 2 rings (SSSR count). The van der Waals surface area contributed by atoms with Gasteiger partial charge < -0.3 is 14.5 Å². The molecule has 0 aromatic heterocycles. The van der Waals surface area contributed by atoms with Crippen molar-refractivity contribution in [1.29, 1.82) is 0 Å². The lowest BCUT2D eigenvalue weighted by molar-refractivity contribution is -0.140. The fraction of sp³-hybridized carbons (Fsp3) is 0.588. The lowest BCUT2D eigenvalue weighted by atomic mass is 10.2. The molecule has 1 aliphatic rings. The van der Waals surface area contributed by atoms with E-state index in [1.54, 1.807) is 0 Å². The highest BCUT2D eigenvalue weighted by atomic mass is 32.2. The Bertz CT molecular complexity index is 467. The first kappa shape index (κ1) is 17.2. The van der Waals surface area contributed by atoms with E-state index in [4.69, 9.17) is 4.74 Å². The van der Waals surface area contributed by atoms with Crippen molar-refractivity contribution >= 4 is 17.7 Å². The summed E-state index contributed by atoms with van der Waals surface area (Å²) in [7, 11) is 4.12. The number of rotatable bonds is 5. The van der Waals surface area contributed by atoms with E-state index in [1.165, 1.54) is 0 Å². The Morgan fingerprint density at radius 2 is 2.14 bits per heavy atom. The van der Waals surface area contributed by atoms with Crippen LogP contribution in [-0.2, 0) is 4.79 Å². The van der Waals surface area contributed by atoms with Gasteiger partial charge in [0.25, 0.3) is 5.91 Å². The molecule has 4 nitrogen and oxygen atoms in total. The molecule has 1 heterocycles. The van der Waals surface area contributed by atoms with E-state index in [-0.39, 0.29) is 11.9 Å². The maximum absolute atomic E-state index is 12.8. The number of carbonyl (C=O) groups is 1. The number of hydrogen-bond donors (Lipinski definition) is 0. The van der Waals surface area contributed by atoms with Gasteiger partial charge in [0.1, 0.15) is 5.75 Å². The predicted octanol–water partition coefficient (Wildman–Crippen LogP) is 2.35. The number of ether oxygens (including phenoxy) is 1. The SMILES string of the molecule is CC(Oc1ccccc1)C(=O)N1CCCSCC1CN(C)C. The van der Waals surface area contributed by atoms with E-state index in [1.807, 2.05) is 53.9 Å². The highest BCUT2D eigenvalue weighted by Gasteiger charge is 2.30. The summed E-state index contributed by atoms with van der Waals surface area (Å²) in [6, 6.07) is 9.82. The Balaban J connectivity index is 2.03. The largest absolute Gasteiger partial charge is 0.481 e. The predicted molar refractivity (Wildman–Crippen MR) is 92.5 cm³/mol. The number of para-hydroxylation sites is 1. The minimum absolute atomic E-state index is 0.0956. The first-order valence-corrected chi connectivity index (χ1v) is 8.98. The second kappa shape index (κ2) is 8.44. The molecular weight excluding hydrogens is 296 g/mol. The molecule has 0 radical (unpaired) electrons. The zero-order chi connectivity index (χ0) is 15.9. The molecule has 2 unspecified atom stereocenters. The fourth-order valence-electron chi connectivity index (χ4n) is 2.68. The third kappa shape index (κ3) is 4.92. The van der Waals surface area contributed by atoms with Crippen molar-refractivity contribution in [3.8, 4) is 5.75 Å². The molecule has 1 saturated heterocycles. The Labute approximate surface area is 137 Å². The number of likely N-dealkylation sites (N-methyl/N-ethyl adjacent to an activating group) is 1. The summed E-state index contributed by atoms with van der Waals surface area (Å²) in [4.78, 5) is 17.0. The molecular formula is C17H26N2O2S. The van der Waals surface area contributed by atoms with Crippen LogP contribution in [0.1, 0.15) is 13.3 Å². The minimum Gasteiger partial charge on any atom is -0.481 e. The van der Waals surface area contributed by atoms with Gasteiger partial charge in [0, 0.05) is 18.8 Å². The van der Waals surface area contributed by atoms with Crippen LogP contribution < -0.4 is 4.74 Å². The van der Waals surface area contributed by atoms with Gasteiger partial charge in [-0.15, -0.1) is 0 Å². The Hall–Kier alpha value is -1.20. The zero-order valence-corrected chi connectivity index (χ0v) is 14.5. The fourth-order valence-corrected chi connectivity index (χ4v) is 3.74. The van der Waals surface area contributed by atoms with Crippen molar-refractivity contribution in [1.82, 2.24) is 9.80 Å². The van der Waals surface area contributed by atoms with Gasteiger partial charge in [-0.05, 0) is 45.3 Å². The second-order valence-corrected chi connectivity index (χ2v) is 7.10. The maximum atomic E-state index is 12.8. The Morgan fingerprint density at radius 3 is 2.82 bits per heavy atom. The first-order chi connectivity index (χ1) is 10.6. The molecule has 0 saturated carbocycles. The van der Waals surface area contributed by atoms with Gasteiger partial charge in [-0.25, -0.2) is 0 Å². The molecule has 0 spiro atoms. The van der Waals surface area contributed by atoms with Crippen molar-refractivity contribution in [2.24, 2.45) is 0 Å².